The topological polar surface area (TPSA) is 151 Å². The SMILES string of the molecule is Nc1nc2c(nc(Nc3ccc(-c4ccccc4)cc3)n2[C@H]2C[C@@H](O)[C@@H](CO)O2)c(=O)[nH]1. The van der Waals surface area contributed by atoms with Crippen LogP contribution in [-0.4, -0.2) is 48.5 Å². The second-order valence-corrected chi connectivity index (χ2v) is 7.61. The van der Waals surface area contributed by atoms with Crippen LogP contribution >= 0.6 is 0 Å². The van der Waals surface area contributed by atoms with Gasteiger partial charge in [0, 0.05) is 12.1 Å². The maximum Gasteiger partial charge on any atom is 0.280 e. The first-order valence-electron chi connectivity index (χ1n) is 10.2. The first kappa shape index (κ1) is 20.2. The molecule has 0 bridgehead atoms. The van der Waals surface area contributed by atoms with Gasteiger partial charge in [0.15, 0.2) is 11.2 Å². The molecule has 164 valence electrons. The van der Waals surface area contributed by atoms with E-state index in [4.69, 9.17) is 10.5 Å². The number of rotatable bonds is 5. The number of nitrogen functional groups attached to an aromatic ring is 1. The van der Waals surface area contributed by atoms with Crippen LogP contribution in [0.1, 0.15) is 12.6 Å². The van der Waals surface area contributed by atoms with E-state index in [0.29, 0.717) is 5.95 Å². The van der Waals surface area contributed by atoms with Crippen LogP contribution in [0.25, 0.3) is 22.3 Å². The number of ether oxygens (including phenoxy) is 1. The van der Waals surface area contributed by atoms with Crippen molar-refractivity contribution < 1.29 is 14.9 Å². The molecule has 1 saturated heterocycles. The smallest absolute Gasteiger partial charge is 0.280 e. The van der Waals surface area contributed by atoms with E-state index in [1.54, 1.807) is 4.57 Å². The Balaban J connectivity index is 1.53. The summed E-state index contributed by atoms with van der Waals surface area (Å²) in [6, 6.07) is 17.8. The third kappa shape index (κ3) is 3.60. The summed E-state index contributed by atoms with van der Waals surface area (Å²) in [6.45, 7) is -0.329. The van der Waals surface area contributed by atoms with Gasteiger partial charge in [-0.15, -0.1) is 0 Å². The van der Waals surface area contributed by atoms with Crippen molar-refractivity contribution in [3.05, 3.63) is 65.0 Å². The Hall–Kier alpha value is -3.73. The molecule has 32 heavy (non-hydrogen) atoms. The van der Waals surface area contributed by atoms with Crippen LogP contribution in [0.2, 0.25) is 0 Å². The van der Waals surface area contributed by atoms with Gasteiger partial charge in [0.2, 0.25) is 11.9 Å². The van der Waals surface area contributed by atoms with Crippen molar-refractivity contribution in [3.63, 3.8) is 0 Å². The van der Waals surface area contributed by atoms with Gasteiger partial charge in [-0.05, 0) is 23.3 Å². The number of aromatic amines is 1. The molecule has 10 nitrogen and oxygen atoms in total. The van der Waals surface area contributed by atoms with E-state index in [1.165, 1.54) is 0 Å². The molecule has 4 aromatic rings. The van der Waals surface area contributed by atoms with Crippen molar-refractivity contribution >= 4 is 28.7 Å². The van der Waals surface area contributed by atoms with Crippen LogP contribution in [0.4, 0.5) is 17.6 Å². The lowest BCUT2D eigenvalue weighted by Gasteiger charge is -2.17. The molecule has 6 N–H and O–H groups in total. The molecule has 2 aromatic carbocycles. The largest absolute Gasteiger partial charge is 0.394 e. The van der Waals surface area contributed by atoms with Crippen molar-refractivity contribution in [2.75, 3.05) is 17.7 Å². The molecule has 1 aliphatic heterocycles. The number of aliphatic hydroxyl groups is 2. The molecule has 0 radical (unpaired) electrons. The monoisotopic (exact) mass is 434 g/mol. The molecule has 0 unspecified atom stereocenters. The van der Waals surface area contributed by atoms with Gasteiger partial charge in [-0.25, -0.2) is 4.98 Å². The second-order valence-electron chi connectivity index (χ2n) is 7.61. The molecular formula is C22H22N6O4. The zero-order valence-electron chi connectivity index (χ0n) is 17.0. The standard InChI is InChI=1S/C22H22N6O4/c23-21-26-19-18(20(31)27-21)25-22(28(19)17-10-15(30)16(11-29)32-17)24-14-8-6-13(7-9-14)12-4-2-1-3-5-12/h1-9,15-17,29-30H,10-11H2,(H,24,25)(H3,23,26,27,31)/t15-,16-,17-/m1/s1. The molecule has 3 atom stereocenters. The average molecular weight is 434 g/mol. The lowest BCUT2D eigenvalue weighted by atomic mass is 10.1. The Morgan fingerprint density at radius 3 is 2.53 bits per heavy atom. The normalized spacial score (nSPS) is 20.6. The van der Waals surface area contributed by atoms with Crippen molar-refractivity contribution in [3.8, 4) is 11.1 Å². The number of aromatic nitrogens is 4. The molecule has 3 heterocycles. The van der Waals surface area contributed by atoms with Crippen LogP contribution in [0.15, 0.2) is 59.4 Å². The van der Waals surface area contributed by atoms with Crippen LogP contribution in [0.5, 0.6) is 0 Å². The Labute approximate surface area is 182 Å². The number of nitrogens with zero attached hydrogens (tertiary/aromatic N) is 3. The molecular weight excluding hydrogens is 412 g/mol. The highest BCUT2D eigenvalue weighted by Gasteiger charge is 2.37. The highest BCUT2D eigenvalue weighted by molar-refractivity contribution is 5.76. The number of fused-ring (bicyclic) bond motifs is 1. The van der Waals surface area contributed by atoms with Gasteiger partial charge in [-0.3, -0.25) is 14.3 Å². The third-order valence-corrected chi connectivity index (χ3v) is 5.49. The molecule has 1 aliphatic rings. The van der Waals surface area contributed by atoms with Gasteiger partial charge in [0.25, 0.3) is 5.56 Å². The summed E-state index contributed by atoms with van der Waals surface area (Å²) in [6.07, 6.45) is -2.09. The highest BCUT2D eigenvalue weighted by Crippen LogP contribution is 2.34. The second kappa shape index (κ2) is 8.08. The number of hydrogen-bond acceptors (Lipinski definition) is 8. The number of benzene rings is 2. The number of hydrogen-bond donors (Lipinski definition) is 5. The van der Waals surface area contributed by atoms with Crippen LogP contribution in [0.3, 0.4) is 0 Å². The third-order valence-electron chi connectivity index (χ3n) is 5.49. The number of anilines is 3. The van der Waals surface area contributed by atoms with Gasteiger partial charge in [0.1, 0.15) is 12.3 Å². The summed E-state index contributed by atoms with van der Waals surface area (Å²) < 4.78 is 7.39. The van der Waals surface area contributed by atoms with Crippen molar-refractivity contribution in [1.82, 2.24) is 19.5 Å². The van der Waals surface area contributed by atoms with Gasteiger partial charge in [-0.2, -0.15) is 4.98 Å². The lowest BCUT2D eigenvalue weighted by Crippen LogP contribution is -2.24. The fourth-order valence-corrected chi connectivity index (χ4v) is 3.90. The first-order chi connectivity index (χ1) is 15.5. The zero-order chi connectivity index (χ0) is 22.2. The number of H-pyrrole nitrogens is 1. The Kier molecular flexibility index (Phi) is 5.10. The van der Waals surface area contributed by atoms with E-state index >= 15 is 0 Å². The number of aliphatic hydroxyl groups excluding tert-OH is 2. The van der Waals surface area contributed by atoms with Crippen LogP contribution in [0, 0.1) is 0 Å². The molecule has 2 aromatic heterocycles. The molecule has 10 heteroatoms. The average Bonchev–Trinajstić information content (AvgIpc) is 3.34. The van der Waals surface area contributed by atoms with Crippen molar-refractivity contribution in [1.29, 1.82) is 0 Å². The minimum absolute atomic E-state index is 0.0559. The number of imidazole rings is 1. The molecule has 0 spiro atoms. The first-order valence-corrected chi connectivity index (χ1v) is 10.2. The Bertz CT molecular complexity index is 1300. The number of nitrogens with two attached hydrogens (primary N) is 1. The van der Waals surface area contributed by atoms with Gasteiger partial charge in [0.05, 0.1) is 12.7 Å². The highest BCUT2D eigenvalue weighted by atomic mass is 16.5. The quantitative estimate of drug-likeness (QED) is 0.319. The fourth-order valence-electron chi connectivity index (χ4n) is 3.90. The van der Waals surface area contributed by atoms with Crippen LogP contribution < -0.4 is 16.6 Å². The minimum Gasteiger partial charge on any atom is -0.394 e. The maximum atomic E-state index is 12.4. The lowest BCUT2D eigenvalue weighted by molar-refractivity contribution is -0.0425. The summed E-state index contributed by atoms with van der Waals surface area (Å²) in [5.41, 5.74) is 8.48. The Morgan fingerprint density at radius 1 is 1.12 bits per heavy atom. The summed E-state index contributed by atoms with van der Waals surface area (Å²) in [4.78, 5) is 23.5. The van der Waals surface area contributed by atoms with Gasteiger partial charge >= 0.3 is 0 Å². The maximum absolute atomic E-state index is 12.4. The molecule has 0 saturated carbocycles. The summed E-state index contributed by atoms with van der Waals surface area (Å²) in [7, 11) is 0. The minimum atomic E-state index is -0.861. The van der Waals surface area contributed by atoms with Crippen molar-refractivity contribution in [2.24, 2.45) is 0 Å². The molecule has 0 aliphatic carbocycles. The van der Waals surface area contributed by atoms with E-state index in [0.717, 1.165) is 16.8 Å². The molecule has 1 fully saturated rings. The fraction of sp³-hybridized carbons (Fsp3) is 0.227. The number of nitrogens with one attached hydrogen (secondary N) is 2. The molecule has 5 rings (SSSR count). The van der Waals surface area contributed by atoms with E-state index in [9.17, 15) is 15.0 Å². The van der Waals surface area contributed by atoms with E-state index in [1.807, 2.05) is 54.6 Å². The summed E-state index contributed by atoms with van der Waals surface area (Å²) in [5, 5.41) is 22.9. The van der Waals surface area contributed by atoms with Gasteiger partial charge in [-0.1, -0.05) is 42.5 Å². The van der Waals surface area contributed by atoms with Crippen molar-refractivity contribution in [2.45, 2.75) is 24.9 Å². The van der Waals surface area contributed by atoms with Crippen LogP contribution in [-0.2, 0) is 4.74 Å². The van der Waals surface area contributed by atoms with E-state index in [2.05, 4.69) is 20.3 Å². The van der Waals surface area contributed by atoms with Gasteiger partial charge < -0.3 is 26.0 Å². The zero-order valence-corrected chi connectivity index (χ0v) is 17.0. The molecule has 0 amide bonds. The predicted octanol–water partition coefficient (Wildman–Crippen LogP) is 1.75. The Morgan fingerprint density at radius 2 is 1.84 bits per heavy atom. The summed E-state index contributed by atoms with van der Waals surface area (Å²) >= 11 is 0. The van der Waals surface area contributed by atoms with E-state index < -0.39 is 24.0 Å². The van der Waals surface area contributed by atoms with E-state index in [-0.39, 0.29) is 30.1 Å². The summed E-state index contributed by atoms with van der Waals surface area (Å²) in [5.74, 6) is 0.256. The predicted molar refractivity (Wildman–Crippen MR) is 119 cm³/mol.